The van der Waals surface area contributed by atoms with E-state index in [1.165, 1.54) is 0 Å². The summed E-state index contributed by atoms with van der Waals surface area (Å²) >= 11 is 0. The molecule has 2 aromatic rings. The fourth-order valence-electron chi connectivity index (χ4n) is 1.17. The van der Waals surface area contributed by atoms with Gasteiger partial charge in [-0.05, 0) is 6.92 Å². The number of aromatic nitrogens is 3. The lowest BCUT2D eigenvalue weighted by Gasteiger charge is -2.07. The summed E-state index contributed by atoms with van der Waals surface area (Å²) in [5, 5.41) is 12.1. The molecule has 2 aromatic heterocycles. The number of imidazole rings is 1. The van der Waals surface area contributed by atoms with Gasteiger partial charge in [0.1, 0.15) is 5.82 Å². The molecule has 0 saturated heterocycles. The molecule has 0 spiro atoms. The van der Waals surface area contributed by atoms with Crippen molar-refractivity contribution in [2.75, 3.05) is 11.9 Å². The summed E-state index contributed by atoms with van der Waals surface area (Å²) in [6.07, 6.45) is 6.71. The summed E-state index contributed by atoms with van der Waals surface area (Å²) in [5.74, 6) is 0.733. The van der Waals surface area contributed by atoms with E-state index in [0.717, 1.165) is 11.5 Å². The van der Waals surface area contributed by atoms with Crippen LogP contribution in [0.5, 0.6) is 0 Å². The highest BCUT2D eigenvalue weighted by atomic mass is 16.3. The Hall–Kier alpha value is -1.62. The lowest BCUT2D eigenvalue weighted by molar-refractivity contribution is 0.208. The Morgan fingerprint density at radius 3 is 3.21 bits per heavy atom. The van der Waals surface area contributed by atoms with Crippen molar-refractivity contribution in [1.82, 2.24) is 14.4 Å². The Bertz CT molecular complexity index is 423. The van der Waals surface area contributed by atoms with Crippen molar-refractivity contribution in [3.05, 3.63) is 24.8 Å². The van der Waals surface area contributed by atoms with Crippen LogP contribution in [0.25, 0.3) is 5.65 Å². The molecule has 0 bridgehead atoms. The molecule has 0 fully saturated rings. The molecule has 0 aliphatic heterocycles. The van der Waals surface area contributed by atoms with Gasteiger partial charge in [0, 0.05) is 18.9 Å². The average molecular weight is 192 g/mol. The first-order chi connectivity index (χ1) is 6.75. The molecule has 2 heterocycles. The van der Waals surface area contributed by atoms with Gasteiger partial charge in [0.25, 0.3) is 0 Å². The number of hydrogen-bond acceptors (Lipinski definition) is 4. The van der Waals surface area contributed by atoms with Crippen molar-refractivity contribution in [3.63, 3.8) is 0 Å². The number of hydrogen-bond donors (Lipinski definition) is 2. The second-order valence-electron chi connectivity index (χ2n) is 3.20. The van der Waals surface area contributed by atoms with Crippen LogP contribution in [0.4, 0.5) is 5.82 Å². The SMILES string of the molecule is CC(O)CNc1cn2ccnc2cn1. The minimum Gasteiger partial charge on any atom is -0.392 e. The number of fused-ring (bicyclic) bond motifs is 1. The Morgan fingerprint density at radius 2 is 2.43 bits per heavy atom. The van der Waals surface area contributed by atoms with Crippen molar-refractivity contribution < 1.29 is 5.11 Å². The van der Waals surface area contributed by atoms with E-state index in [2.05, 4.69) is 15.3 Å². The van der Waals surface area contributed by atoms with E-state index >= 15 is 0 Å². The largest absolute Gasteiger partial charge is 0.392 e. The number of aliphatic hydroxyl groups is 1. The van der Waals surface area contributed by atoms with Crippen LogP contribution in [0.3, 0.4) is 0 Å². The van der Waals surface area contributed by atoms with E-state index in [-0.39, 0.29) is 6.10 Å². The van der Waals surface area contributed by atoms with Gasteiger partial charge in [-0.15, -0.1) is 0 Å². The van der Waals surface area contributed by atoms with Crippen molar-refractivity contribution in [1.29, 1.82) is 0 Å². The fraction of sp³-hybridized carbons (Fsp3) is 0.333. The normalized spacial score (nSPS) is 13.0. The maximum absolute atomic E-state index is 9.08. The lowest BCUT2D eigenvalue weighted by atomic mass is 10.4. The second kappa shape index (κ2) is 3.63. The van der Waals surface area contributed by atoms with Crippen molar-refractivity contribution in [2.24, 2.45) is 0 Å². The topological polar surface area (TPSA) is 62.5 Å². The third kappa shape index (κ3) is 1.82. The Kier molecular flexibility index (Phi) is 2.32. The number of aliphatic hydroxyl groups excluding tert-OH is 1. The molecule has 2 N–H and O–H groups in total. The van der Waals surface area contributed by atoms with Crippen LogP contribution in [0.15, 0.2) is 24.8 Å². The van der Waals surface area contributed by atoms with Crippen molar-refractivity contribution >= 4 is 11.5 Å². The second-order valence-corrected chi connectivity index (χ2v) is 3.20. The third-order valence-electron chi connectivity index (χ3n) is 1.86. The summed E-state index contributed by atoms with van der Waals surface area (Å²) in [6.45, 7) is 2.22. The van der Waals surface area contributed by atoms with E-state index in [9.17, 15) is 0 Å². The highest BCUT2D eigenvalue weighted by molar-refractivity contribution is 5.42. The summed E-state index contributed by atoms with van der Waals surface area (Å²) in [7, 11) is 0. The van der Waals surface area contributed by atoms with Gasteiger partial charge in [0.2, 0.25) is 0 Å². The molecular weight excluding hydrogens is 180 g/mol. The maximum Gasteiger partial charge on any atom is 0.155 e. The van der Waals surface area contributed by atoms with Crippen LogP contribution in [-0.2, 0) is 0 Å². The molecule has 0 aromatic carbocycles. The van der Waals surface area contributed by atoms with E-state index < -0.39 is 0 Å². The molecule has 0 aliphatic carbocycles. The van der Waals surface area contributed by atoms with Crippen molar-refractivity contribution in [3.8, 4) is 0 Å². The summed E-state index contributed by atoms with van der Waals surface area (Å²) in [4.78, 5) is 8.22. The fourth-order valence-corrected chi connectivity index (χ4v) is 1.17. The first-order valence-corrected chi connectivity index (χ1v) is 4.46. The standard InChI is InChI=1S/C9H12N4O/c1-7(14)4-11-8-6-13-3-2-10-9(13)5-12-8/h2-3,5-7,11,14H,4H2,1H3. The van der Waals surface area contributed by atoms with E-state index in [1.54, 1.807) is 19.3 Å². The Labute approximate surface area is 81.4 Å². The quantitative estimate of drug-likeness (QED) is 0.744. The first kappa shape index (κ1) is 8.96. The molecule has 0 amide bonds. The number of nitrogens with zero attached hydrogens (tertiary/aromatic N) is 3. The Morgan fingerprint density at radius 1 is 1.57 bits per heavy atom. The Balaban J connectivity index is 2.17. The van der Waals surface area contributed by atoms with Crippen LogP contribution >= 0.6 is 0 Å². The predicted octanol–water partition coefficient (Wildman–Crippen LogP) is 0.522. The molecule has 0 radical (unpaired) electrons. The van der Waals surface area contributed by atoms with Gasteiger partial charge >= 0.3 is 0 Å². The zero-order valence-electron chi connectivity index (χ0n) is 7.88. The summed E-state index contributed by atoms with van der Waals surface area (Å²) in [5.41, 5.74) is 0.813. The maximum atomic E-state index is 9.08. The van der Waals surface area contributed by atoms with E-state index in [1.807, 2.05) is 16.8 Å². The number of anilines is 1. The highest BCUT2D eigenvalue weighted by Crippen LogP contribution is 2.04. The average Bonchev–Trinajstić information content (AvgIpc) is 2.61. The number of rotatable bonds is 3. The molecule has 14 heavy (non-hydrogen) atoms. The molecular formula is C9H12N4O. The van der Waals surface area contributed by atoms with Gasteiger partial charge < -0.3 is 14.8 Å². The molecule has 2 rings (SSSR count). The van der Waals surface area contributed by atoms with Gasteiger partial charge in [0.05, 0.1) is 18.5 Å². The molecule has 0 aliphatic rings. The summed E-state index contributed by atoms with van der Waals surface area (Å²) in [6, 6.07) is 0. The van der Waals surface area contributed by atoms with Crippen LogP contribution in [-0.4, -0.2) is 32.1 Å². The molecule has 1 atom stereocenters. The third-order valence-corrected chi connectivity index (χ3v) is 1.86. The number of nitrogens with one attached hydrogen (secondary N) is 1. The van der Waals surface area contributed by atoms with Crippen LogP contribution in [0.1, 0.15) is 6.92 Å². The predicted molar refractivity (Wildman–Crippen MR) is 53.2 cm³/mol. The highest BCUT2D eigenvalue weighted by Gasteiger charge is 1.99. The monoisotopic (exact) mass is 192 g/mol. The zero-order valence-corrected chi connectivity index (χ0v) is 7.88. The smallest absolute Gasteiger partial charge is 0.155 e. The molecule has 74 valence electrons. The minimum absolute atomic E-state index is 0.379. The van der Waals surface area contributed by atoms with E-state index in [4.69, 9.17) is 5.11 Å². The van der Waals surface area contributed by atoms with Gasteiger partial charge in [-0.25, -0.2) is 9.97 Å². The first-order valence-electron chi connectivity index (χ1n) is 4.46. The summed E-state index contributed by atoms with van der Waals surface area (Å²) < 4.78 is 1.87. The molecule has 5 heteroatoms. The minimum atomic E-state index is -0.379. The molecule has 1 unspecified atom stereocenters. The van der Waals surface area contributed by atoms with Gasteiger partial charge in [-0.1, -0.05) is 0 Å². The van der Waals surface area contributed by atoms with Crippen LogP contribution < -0.4 is 5.32 Å². The zero-order chi connectivity index (χ0) is 9.97. The van der Waals surface area contributed by atoms with Crippen LogP contribution in [0, 0.1) is 0 Å². The van der Waals surface area contributed by atoms with Crippen LogP contribution in [0.2, 0.25) is 0 Å². The molecule has 5 nitrogen and oxygen atoms in total. The van der Waals surface area contributed by atoms with Gasteiger partial charge in [-0.2, -0.15) is 0 Å². The lowest BCUT2D eigenvalue weighted by Crippen LogP contribution is -2.16. The van der Waals surface area contributed by atoms with E-state index in [0.29, 0.717) is 6.54 Å². The van der Waals surface area contributed by atoms with Gasteiger partial charge in [-0.3, -0.25) is 0 Å². The molecule has 0 saturated carbocycles. The van der Waals surface area contributed by atoms with Crippen molar-refractivity contribution in [2.45, 2.75) is 13.0 Å². The van der Waals surface area contributed by atoms with Gasteiger partial charge in [0.15, 0.2) is 5.65 Å².